The third kappa shape index (κ3) is 4.15. The summed E-state index contributed by atoms with van der Waals surface area (Å²) in [6, 6.07) is 5.36. The van der Waals surface area contributed by atoms with Gasteiger partial charge in [0.2, 0.25) is 5.91 Å². The first-order valence-electron chi connectivity index (χ1n) is 9.28. The van der Waals surface area contributed by atoms with Gasteiger partial charge in [-0.15, -0.1) is 0 Å². The predicted molar refractivity (Wildman–Crippen MR) is 99.8 cm³/mol. The summed E-state index contributed by atoms with van der Waals surface area (Å²) in [7, 11) is 0. The van der Waals surface area contributed by atoms with Gasteiger partial charge in [-0.1, -0.05) is 19.1 Å². The fourth-order valence-corrected chi connectivity index (χ4v) is 3.54. The summed E-state index contributed by atoms with van der Waals surface area (Å²) in [6.07, 6.45) is 3.83. The molecule has 1 aromatic rings. The van der Waals surface area contributed by atoms with E-state index >= 15 is 0 Å². The predicted octanol–water partition coefficient (Wildman–Crippen LogP) is 1.92. The highest BCUT2D eigenvalue weighted by atomic mass is 19.1. The Morgan fingerprint density at radius 1 is 1.35 bits per heavy atom. The van der Waals surface area contributed by atoms with Crippen LogP contribution in [0.25, 0.3) is 0 Å². The van der Waals surface area contributed by atoms with E-state index in [9.17, 15) is 9.18 Å². The maximum Gasteiger partial charge on any atom is 0.222 e. The largest absolute Gasteiger partial charge is 0.390 e. The zero-order valence-electron chi connectivity index (χ0n) is 15.2. The Hall–Kier alpha value is -2.15. The van der Waals surface area contributed by atoms with Crippen LogP contribution in [0, 0.1) is 5.82 Å². The Morgan fingerprint density at radius 3 is 2.73 bits per heavy atom. The van der Waals surface area contributed by atoms with Crippen molar-refractivity contribution in [1.82, 2.24) is 4.90 Å². The summed E-state index contributed by atoms with van der Waals surface area (Å²) in [6.45, 7) is 5.06. The molecule has 2 fully saturated rings. The van der Waals surface area contributed by atoms with Crippen LogP contribution in [0.5, 0.6) is 0 Å². The summed E-state index contributed by atoms with van der Waals surface area (Å²) in [5, 5.41) is 0. The molecule has 1 aromatic carbocycles. The molecule has 0 spiro atoms. The summed E-state index contributed by atoms with van der Waals surface area (Å²) >= 11 is 0. The Bertz CT molecular complexity index is 653. The molecule has 2 saturated heterocycles. The van der Waals surface area contributed by atoms with Crippen LogP contribution < -0.4 is 10.6 Å². The van der Waals surface area contributed by atoms with Gasteiger partial charge >= 0.3 is 0 Å². The first-order valence-corrected chi connectivity index (χ1v) is 9.28. The second-order valence-corrected chi connectivity index (χ2v) is 6.84. The molecule has 0 aromatic heterocycles. The topological polar surface area (TPSA) is 71.2 Å². The quantitative estimate of drug-likeness (QED) is 0.620. The lowest BCUT2D eigenvalue weighted by atomic mass is 10.0. The maximum absolute atomic E-state index is 14.6. The fourth-order valence-electron chi connectivity index (χ4n) is 3.54. The summed E-state index contributed by atoms with van der Waals surface area (Å²) in [5.74, 6) is -0.0180. The van der Waals surface area contributed by atoms with E-state index in [1.807, 2.05) is 22.8 Å². The lowest BCUT2D eigenvalue weighted by molar-refractivity contribution is -0.134. The van der Waals surface area contributed by atoms with E-state index in [1.54, 1.807) is 12.1 Å². The van der Waals surface area contributed by atoms with Crippen molar-refractivity contribution >= 4 is 17.9 Å². The Labute approximate surface area is 153 Å². The molecule has 142 valence electrons. The zero-order chi connectivity index (χ0) is 18.5. The van der Waals surface area contributed by atoms with Crippen molar-refractivity contribution in [2.24, 2.45) is 10.7 Å². The highest BCUT2D eigenvalue weighted by Crippen LogP contribution is 2.29. The number of halogens is 1. The highest BCUT2D eigenvalue weighted by Gasteiger charge is 2.33. The maximum atomic E-state index is 14.6. The normalized spacial score (nSPS) is 19.2. The third-order valence-corrected chi connectivity index (χ3v) is 5.10. The lowest BCUT2D eigenvalue weighted by Gasteiger charge is -2.43. The number of piperidine rings is 1. The number of amides is 1. The Balaban J connectivity index is 1.47. The average molecular weight is 362 g/mol. The number of hydrogen-bond donors (Lipinski definition) is 1. The van der Waals surface area contributed by atoms with E-state index in [1.165, 1.54) is 6.34 Å². The van der Waals surface area contributed by atoms with Crippen LogP contribution in [0.1, 0.15) is 31.7 Å². The Kier molecular flexibility index (Phi) is 6.08. The van der Waals surface area contributed by atoms with E-state index in [0.717, 1.165) is 25.9 Å². The monoisotopic (exact) mass is 362 g/mol. The van der Waals surface area contributed by atoms with Gasteiger partial charge in [-0.2, -0.15) is 0 Å². The van der Waals surface area contributed by atoms with Gasteiger partial charge in [0.15, 0.2) is 5.82 Å². The molecule has 6 nitrogen and oxygen atoms in total. The van der Waals surface area contributed by atoms with Gasteiger partial charge < -0.3 is 20.3 Å². The number of anilines is 1. The van der Waals surface area contributed by atoms with E-state index in [0.29, 0.717) is 30.8 Å². The molecule has 26 heavy (non-hydrogen) atoms. The minimum Gasteiger partial charge on any atom is -0.390 e. The lowest BCUT2D eigenvalue weighted by Crippen LogP contribution is -2.54. The van der Waals surface area contributed by atoms with Gasteiger partial charge in [-0.25, -0.2) is 4.39 Å². The van der Waals surface area contributed by atoms with Gasteiger partial charge in [0.25, 0.3) is 0 Å². The number of ether oxygens (including phenoxy) is 1. The number of nitrogens with zero attached hydrogens (tertiary/aromatic N) is 3. The van der Waals surface area contributed by atoms with Crippen molar-refractivity contribution in [3.05, 3.63) is 29.6 Å². The molecule has 0 bridgehead atoms. The van der Waals surface area contributed by atoms with Crippen LogP contribution in [-0.2, 0) is 16.1 Å². The Morgan fingerprint density at radius 2 is 2.08 bits per heavy atom. The van der Waals surface area contributed by atoms with Crippen molar-refractivity contribution in [2.75, 3.05) is 31.1 Å². The molecule has 0 radical (unpaired) electrons. The van der Waals surface area contributed by atoms with Crippen LogP contribution in [0.3, 0.4) is 0 Å². The van der Waals surface area contributed by atoms with Crippen molar-refractivity contribution in [1.29, 1.82) is 0 Å². The summed E-state index contributed by atoms with van der Waals surface area (Å²) in [4.78, 5) is 19.5. The fraction of sp³-hybridized carbons (Fsp3) is 0.579. The number of hydrogen-bond acceptors (Lipinski definition) is 4. The van der Waals surface area contributed by atoms with Crippen LogP contribution >= 0.6 is 0 Å². The number of carbonyl (C=O) groups excluding carboxylic acids is 1. The van der Waals surface area contributed by atoms with Crippen LogP contribution in [0.4, 0.5) is 10.1 Å². The highest BCUT2D eigenvalue weighted by molar-refractivity contribution is 5.75. The van der Waals surface area contributed by atoms with Crippen LogP contribution in [0.2, 0.25) is 0 Å². The van der Waals surface area contributed by atoms with E-state index in [2.05, 4.69) is 4.99 Å². The van der Waals surface area contributed by atoms with Gasteiger partial charge in [0.1, 0.15) is 0 Å². The first kappa shape index (κ1) is 18.6. The molecule has 2 aliphatic heterocycles. The van der Waals surface area contributed by atoms with E-state index in [4.69, 9.17) is 10.5 Å². The first-order chi connectivity index (χ1) is 12.6. The number of rotatable bonds is 6. The van der Waals surface area contributed by atoms with Gasteiger partial charge in [0, 0.05) is 38.2 Å². The second kappa shape index (κ2) is 8.49. The molecule has 1 amide bonds. The van der Waals surface area contributed by atoms with E-state index < -0.39 is 0 Å². The van der Waals surface area contributed by atoms with Crippen LogP contribution in [-0.4, -0.2) is 55.5 Å². The van der Waals surface area contributed by atoms with Crippen molar-refractivity contribution in [3.63, 3.8) is 0 Å². The number of benzene rings is 1. The zero-order valence-corrected chi connectivity index (χ0v) is 15.2. The van der Waals surface area contributed by atoms with Crippen molar-refractivity contribution in [2.45, 2.75) is 44.9 Å². The number of aliphatic imine (C=N–C) groups is 1. The van der Waals surface area contributed by atoms with Crippen LogP contribution in [0.15, 0.2) is 23.2 Å². The SMILES string of the molecule is CCC(=O)N1CCC(OC2CN(c3cccc(CN=CN)c3F)C2)CC1. The average Bonchev–Trinajstić information content (AvgIpc) is 2.64. The molecule has 2 heterocycles. The number of carbonyl (C=O) groups is 1. The minimum atomic E-state index is -0.233. The second-order valence-electron chi connectivity index (χ2n) is 6.84. The molecule has 2 N–H and O–H groups in total. The smallest absolute Gasteiger partial charge is 0.222 e. The molecule has 0 unspecified atom stereocenters. The molecule has 0 saturated carbocycles. The van der Waals surface area contributed by atoms with Crippen molar-refractivity contribution in [3.8, 4) is 0 Å². The van der Waals surface area contributed by atoms with E-state index in [-0.39, 0.29) is 30.5 Å². The minimum absolute atomic E-state index is 0.124. The summed E-state index contributed by atoms with van der Waals surface area (Å²) < 4.78 is 20.7. The summed E-state index contributed by atoms with van der Waals surface area (Å²) in [5.41, 5.74) is 6.38. The molecule has 7 heteroatoms. The van der Waals surface area contributed by atoms with Crippen molar-refractivity contribution < 1.29 is 13.9 Å². The van der Waals surface area contributed by atoms with Gasteiger partial charge in [0.05, 0.1) is 30.8 Å². The molecule has 0 atom stereocenters. The number of likely N-dealkylation sites (tertiary alicyclic amines) is 1. The molecule has 2 aliphatic rings. The molecule has 3 rings (SSSR count). The molecular formula is C19H27FN4O2. The molecular weight excluding hydrogens is 335 g/mol. The molecule has 0 aliphatic carbocycles. The standard InChI is InChI=1S/C19H27FN4O2/c1-2-18(25)23-8-6-15(7-9-23)26-16-11-24(12-16)17-5-3-4-14(19(17)20)10-22-13-21/h3-5,13,15-16H,2,6-12H2,1H3,(H2,21,22). The number of nitrogens with two attached hydrogens (primary N) is 1. The van der Waals surface area contributed by atoms with Gasteiger partial charge in [-0.3, -0.25) is 9.79 Å². The van der Waals surface area contributed by atoms with Gasteiger partial charge in [-0.05, 0) is 18.9 Å². The third-order valence-electron chi connectivity index (χ3n) is 5.10.